The molecule has 1 aromatic heterocycles. The summed E-state index contributed by atoms with van der Waals surface area (Å²) in [5, 5.41) is 12.9. The lowest BCUT2D eigenvalue weighted by molar-refractivity contribution is 0.0625. The second-order valence-corrected chi connectivity index (χ2v) is 9.87. The number of fused-ring (bicyclic) bond motifs is 7. The van der Waals surface area contributed by atoms with Gasteiger partial charge in [-0.05, 0) is 35.8 Å². The highest BCUT2D eigenvalue weighted by Crippen LogP contribution is 2.46. The van der Waals surface area contributed by atoms with Gasteiger partial charge in [0.2, 0.25) is 5.43 Å². The zero-order valence-electron chi connectivity index (χ0n) is 19.3. The number of hydrogen-bond acceptors (Lipinski definition) is 6. The van der Waals surface area contributed by atoms with Gasteiger partial charge in [-0.3, -0.25) is 19.3 Å². The van der Waals surface area contributed by atoms with Crippen molar-refractivity contribution < 1.29 is 14.6 Å². The van der Waals surface area contributed by atoms with E-state index < -0.39 is 11.2 Å². The van der Waals surface area contributed by atoms with Gasteiger partial charge in [0.1, 0.15) is 25.1 Å². The highest BCUT2D eigenvalue weighted by atomic mass is 32.2. The van der Waals surface area contributed by atoms with Crippen LogP contribution in [-0.4, -0.2) is 39.9 Å². The molecule has 1 amide bonds. The quantitative estimate of drug-likeness (QED) is 0.523. The maximum Gasteiger partial charge on any atom is 0.278 e. The number of aromatic nitrogens is 1. The molecule has 0 saturated carbocycles. The first-order valence-electron chi connectivity index (χ1n) is 11.7. The molecule has 0 spiro atoms. The number of amides is 1. The molecule has 0 saturated heterocycles. The molecule has 0 radical (unpaired) electrons. The molecular weight excluding hydrogens is 462 g/mol. The van der Waals surface area contributed by atoms with E-state index in [1.54, 1.807) is 27.5 Å². The zero-order chi connectivity index (χ0) is 24.1. The molecule has 3 aliphatic rings. The molecular formula is C27H25N3O4S. The molecule has 0 aliphatic carbocycles. The Morgan fingerprint density at radius 1 is 1.11 bits per heavy atom. The Morgan fingerprint density at radius 3 is 2.83 bits per heavy atom. The third kappa shape index (κ3) is 3.43. The van der Waals surface area contributed by atoms with Gasteiger partial charge in [-0.1, -0.05) is 43.3 Å². The van der Waals surface area contributed by atoms with Crippen LogP contribution in [0.25, 0.3) is 0 Å². The summed E-state index contributed by atoms with van der Waals surface area (Å²) in [6.07, 6.45) is 6.19. The minimum Gasteiger partial charge on any atom is -0.502 e. The summed E-state index contributed by atoms with van der Waals surface area (Å²) in [4.78, 5) is 29.0. The van der Waals surface area contributed by atoms with Gasteiger partial charge >= 0.3 is 0 Å². The van der Waals surface area contributed by atoms with E-state index >= 15 is 0 Å². The van der Waals surface area contributed by atoms with E-state index in [0.29, 0.717) is 13.0 Å². The zero-order valence-corrected chi connectivity index (χ0v) is 20.1. The maximum absolute atomic E-state index is 13.7. The van der Waals surface area contributed by atoms with Gasteiger partial charge in [0, 0.05) is 28.5 Å². The van der Waals surface area contributed by atoms with E-state index in [0.717, 1.165) is 33.1 Å². The van der Waals surface area contributed by atoms with Crippen molar-refractivity contribution in [2.75, 3.05) is 18.3 Å². The van der Waals surface area contributed by atoms with Gasteiger partial charge in [-0.2, -0.15) is 0 Å². The molecule has 178 valence electrons. The van der Waals surface area contributed by atoms with Crippen molar-refractivity contribution >= 4 is 17.7 Å². The van der Waals surface area contributed by atoms with Gasteiger partial charge in [0.15, 0.2) is 11.4 Å². The number of rotatable bonds is 1. The smallest absolute Gasteiger partial charge is 0.278 e. The number of hydrogen-bond donors (Lipinski definition) is 1. The Hall–Kier alpha value is -3.65. The molecule has 2 aromatic carbocycles. The molecule has 2 bridgehead atoms. The van der Waals surface area contributed by atoms with Gasteiger partial charge in [0.05, 0.1) is 6.04 Å². The molecule has 8 heteroatoms. The molecule has 1 N–H and O–H groups in total. The minimum absolute atomic E-state index is 0.0100. The summed E-state index contributed by atoms with van der Waals surface area (Å²) in [5.74, 6) is 0.686. The Balaban J connectivity index is 1.69. The number of carbonyl (C=O) groups excluding carboxylic acids is 1. The van der Waals surface area contributed by atoms with E-state index in [2.05, 4.69) is 23.2 Å². The predicted molar refractivity (Wildman–Crippen MR) is 135 cm³/mol. The molecule has 6 rings (SSSR count). The van der Waals surface area contributed by atoms with Crippen LogP contribution in [-0.2, 0) is 5.75 Å². The molecule has 0 fully saturated rings. The van der Waals surface area contributed by atoms with Crippen molar-refractivity contribution in [3.8, 4) is 11.5 Å². The standard InChI is InChI=1S/C27H25N3O4S/c1-2-18-8-6-14-34-21-10-5-7-17-15-35-22-11-4-3-9-19(22)24(23(17)21)30-16-28(18)27(33)25-26(32)20(31)12-13-29(25)30/h3-13,18,24,32H,2,14-16H2,1H3/b8-6-/t18-,24-/m1/s1. The average molecular weight is 488 g/mol. The summed E-state index contributed by atoms with van der Waals surface area (Å²) in [6, 6.07) is 15.2. The molecule has 4 heterocycles. The number of nitrogens with zero attached hydrogens (tertiary/aromatic N) is 3. The third-order valence-corrected chi connectivity index (χ3v) is 8.07. The Morgan fingerprint density at radius 2 is 1.97 bits per heavy atom. The number of aromatic hydroxyl groups is 1. The van der Waals surface area contributed by atoms with Gasteiger partial charge in [-0.15, -0.1) is 11.8 Å². The van der Waals surface area contributed by atoms with Crippen LogP contribution in [0.2, 0.25) is 0 Å². The highest BCUT2D eigenvalue weighted by molar-refractivity contribution is 7.98. The molecule has 0 unspecified atom stereocenters. The lowest BCUT2D eigenvalue weighted by Crippen LogP contribution is -2.57. The summed E-state index contributed by atoms with van der Waals surface area (Å²) in [5.41, 5.74) is 2.70. The molecule has 3 aliphatic heterocycles. The van der Waals surface area contributed by atoms with Crippen molar-refractivity contribution in [3.05, 3.63) is 99.5 Å². The summed E-state index contributed by atoms with van der Waals surface area (Å²) >= 11 is 1.77. The summed E-state index contributed by atoms with van der Waals surface area (Å²) in [6.45, 7) is 2.69. The molecule has 2 atom stereocenters. The largest absolute Gasteiger partial charge is 0.502 e. The van der Waals surface area contributed by atoms with Crippen molar-refractivity contribution in [2.45, 2.75) is 36.1 Å². The SMILES string of the molecule is CC[C@@H]1/C=C\COc2cccc3c2[C@@H](c2ccccc2SC3)N2CN1C(=O)c1c(O)c(=O)ccn12. The maximum atomic E-state index is 13.7. The van der Waals surface area contributed by atoms with Crippen LogP contribution in [0.4, 0.5) is 0 Å². The average Bonchev–Trinajstić information content (AvgIpc) is 3.05. The fourth-order valence-electron chi connectivity index (χ4n) is 5.24. The van der Waals surface area contributed by atoms with Gasteiger partial charge in [0.25, 0.3) is 5.91 Å². The van der Waals surface area contributed by atoms with E-state index in [4.69, 9.17) is 4.74 Å². The molecule has 7 nitrogen and oxygen atoms in total. The van der Waals surface area contributed by atoms with Crippen LogP contribution in [0.5, 0.6) is 11.5 Å². The first-order chi connectivity index (χ1) is 17.1. The van der Waals surface area contributed by atoms with E-state index in [1.165, 1.54) is 6.07 Å². The number of pyridine rings is 1. The highest BCUT2D eigenvalue weighted by Gasteiger charge is 2.41. The number of carbonyl (C=O) groups is 1. The lowest BCUT2D eigenvalue weighted by atomic mass is 9.93. The Kier molecular flexibility index (Phi) is 5.33. The van der Waals surface area contributed by atoms with Crippen LogP contribution < -0.4 is 15.2 Å². The van der Waals surface area contributed by atoms with Gasteiger partial charge in [-0.25, -0.2) is 0 Å². The van der Waals surface area contributed by atoms with E-state index in [-0.39, 0.29) is 30.4 Å². The number of benzene rings is 2. The summed E-state index contributed by atoms with van der Waals surface area (Å²) in [7, 11) is 0. The van der Waals surface area contributed by atoms with Crippen LogP contribution in [0.1, 0.15) is 46.6 Å². The predicted octanol–water partition coefficient (Wildman–Crippen LogP) is 4.03. The van der Waals surface area contributed by atoms with E-state index in [9.17, 15) is 14.7 Å². The van der Waals surface area contributed by atoms with Crippen LogP contribution >= 0.6 is 11.8 Å². The van der Waals surface area contributed by atoms with Gasteiger partial charge < -0.3 is 14.7 Å². The fourth-order valence-corrected chi connectivity index (χ4v) is 6.32. The number of ether oxygens (including phenoxy) is 1. The lowest BCUT2D eigenvalue weighted by Gasteiger charge is -2.46. The summed E-state index contributed by atoms with van der Waals surface area (Å²) < 4.78 is 7.96. The Bertz CT molecular complexity index is 1420. The van der Waals surface area contributed by atoms with Crippen molar-refractivity contribution in [3.63, 3.8) is 0 Å². The Labute approximate surface area is 207 Å². The molecule has 3 aromatic rings. The van der Waals surface area contributed by atoms with Crippen molar-refractivity contribution in [1.82, 2.24) is 9.58 Å². The monoisotopic (exact) mass is 487 g/mol. The van der Waals surface area contributed by atoms with Crippen molar-refractivity contribution in [1.29, 1.82) is 0 Å². The van der Waals surface area contributed by atoms with Crippen molar-refractivity contribution in [2.24, 2.45) is 0 Å². The second kappa shape index (κ2) is 8.53. The van der Waals surface area contributed by atoms with Crippen LogP contribution in [0, 0.1) is 0 Å². The van der Waals surface area contributed by atoms with E-state index in [1.807, 2.05) is 43.3 Å². The second-order valence-electron chi connectivity index (χ2n) is 8.85. The fraction of sp³-hybridized carbons (Fsp3) is 0.259. The first-order valence-corrected chi connectivity index (χ1v) is 12.7. The third-order valence-electron chi connectivity index (χ3n) is 6.93. The topological polar surface area (TPSA) is 75.0 Å². The van der Waals surface area contributed by atoms with Crippen LogP contribution in [0.15, 0.2) is 76.6 Å². The minimum atomic E-state index is -0.569. The molecule has 35 heavy (non-hydrogen) atoms. The normalized spacial score (nSPS) is 21.6. The number of thioether (sulfide) groups is 1. The van der Waals surface area contributed by atoms with Crippen LogP contribution in [0.3, 0.4) is 0 Å². The first kappa shape index (κ1) is 21.9.